The highest BCUT2D eigenvalue weighted by molar-refractivity contribution is 5.84. The fraction of sp³-hybridized carbons (Fsp3) is 0.857. The molecule has 2 atom stereocenters. The van der Waals surface area contributed by atoms with Gasteiger partial charge in [0.15, 0.2) is 5.78 Å². The van der Waals surface area contributed by atoms with Crippen LogP contribution in [0.1, 0.15) is 19.3 Å². The molecule has 1 aliphatic carbocycles. The van der Waals surface area contributed by atoms with Crippen LogP contribution in [0.25, 0.3) is 0 Å². The zero-order chi connectivity index (χ0) is 6.27. The largest absolute Gasteiger partial charge is 0.370 e. The van der Waals surface area contributed by atoms with Gasteiger partial charge in [-0.3, -0.25) is 4.79 Å². The minimum absolute atomic E-state index is 0.0104. The molecule has 0 amide bonds. The van der Waals surface area contributed by atoms with Crippen molar-refractivity contribution in [3.63, 3.8) is 0 Å². The first-order valence-electron chi connectivity index (χ1n) is 3.50. The maximum Gasteiger partial charge on any atom is 0.161 e. The predicted molar refractivity (Wildman–Crippen MR) is 32.1 cm³/mol. The fourth-order valence-corrected chi connectivity index (χ4v) is 1.62. The molecule has 2 heteroatoms. The first kappa shape index (κ1) is 5.42. The summed E-state index contributed by atoms with van der Waals surface area (Å²) in [5.41, 5.74) is 0. The van der Waals surface area contributed by atoms with Crippen LogP contribution < -0.4 is 0 Å². The number of carbonyl (C=O) groups excluding carboxylic acids is 1. The highest BCUT2D eigenvalue weighted by Gasteiger charge is 2.35. The Bertz CT molecular complexity index is 142. The number of Topliss-reactive ketones (excluding diaryl/α,β-unsaturated/α-hetero) is 1. The highest BCUT2D eigenvalue weighted by Crippen LogP contribution is 2.30. The summed E-state index contributed by atoms with van der Waals surface area (Å²) in [5, 5.41) is 0. The lowest BCUT2D eigenvalue weighted by Gasteiger charge is -2.13. The standard InChI is InChI=1S/C7H10O2/c8-6-2-1-5-3-7(6)9-4-5/h5,7H,1-4H2/t5-,7-/m1/s1. The molecule has 0 aromatic rings. The SMILES string of the molecule is O=C1CC[C@H]2CO[C@@H]1C2. The number of hydrogen-bond acceptors (Lipinski definition) is 2. The van der Waals surface area contributed by atoms with Crippen LogP contribution in [0.4, 0.5) is 0 Å². The minimum Gasteiger partial charge on any atom is -0.370 e. The van der Waals surface area contributed by atoms with Crippen molar-refractivity contribution in [3.05, 3.63) is 0 Å². The number of ether oxygens (including phenoxy) is 1. The summed E-state index contributed by atoms with van der Waals surface area (Å²) in [4.78, 5) is 10.9. The van der Waals surface area contributed by atoms with Gasteiger partial charge in [-0.15, -0.1) is 0 Å². The van der Waals surface area contributed by atoms with Crippen LogP contribution in [0.5, 0.6) is 0 Å². The van der Waals surface area contributed by atoms with E-state index in [-0.39, 0.29) is 6.10 Å². The minimum atomic E-state index is -0.0104. The maximum atomic E-state index is 10.9. The lowest BCUT2D eigenvalue weighted by Crippen LogP contribution is -2.22. The van der Waals surface area contributed by atoms with Crippen LogP contribution in [0.2, 0.25) is 0 Å². The molecule has 9 heavy (non-hydrogen) atoms. The normalized spacial score (nSPS) is 41.6. The molecular weight excluding hydrogens is 116 g/mol. The lowest BCUT2D eigenvalue weighted by atomic mass is 9.90. The van der Waals surface area contributed by atoms with E-state index in [1.165, 1.54) is 0 Å². The van der Waals surface area contributed by atoms with E-state index in [4.69, 9.17) is 4.74 Å². The molecule has 2 bridgehead atoms. The van der Waals surface area contributed by atoms with Crippen molar-refractivity contribution in [2.45, 2.75) is 25.4 Å². The third-order valence-electron chi connectivity index (χ3n) is 2.24. The molecule has 0 radical (unpaired) electrons. The van der Waals surface area contributed by atoms with Crippen molar-refractivity contribution in [2.24, 2.45) is 5.92 Å². The Morgan fingerprint density at radius 2 is 2.44 bits per heavy atom. The Labute approximate surface area is 54.2 Å². The summed E-state index contributed by atoms with van der Waals surface area (Å²) >= 11 is 0. The zero-order valence-corrected chi connectivity index (χ0v) is 5.30. The van der Waals surface area contributed by atoms with Gasteiger partial charge < -0.3 is 4.74 Å². The van der Waals surface area contributed by atoms with Crippen LogP contribution >= 0.6 is 0 Å². The summed E-state index contributed by atoms with van der Waals surface area (Å²) < 4.78 is 5.24. The maximum absolute atomic E-state index is 10.9. The second kappa shape index (κ2) is 1.81. The van der Waals surface area contributed by atoms with E-state index < -0.39 is 0 Å². The van der Waals surface area contributed by atoms with E-state index in [0.717, 1.165) is 25.9 Å². The molecule has 1 saturated heterocycles. The summed E-state index contributed by atoms with van der Waals surface area (Å²) in [5.74, 6) is 1.02. The molecule has 0 unspecified atom stereocenters. The Balaban J connectivity index is 2.14. The van der Waals surface area contributed by atoms with Gasteiger partial charge in [-0.05, 0) is 18.8 Å². The van der Waals surface area contributed by atoms with Gasteiger partial charge in [0.1, 0.15) is 6.10 Å². The molecule has 1 saturated carbocycles. The third-order valence-corrected chi connectivity index (χ3v) is 2.24. The number of fused-ring (bicyclic) bond motifs is 2. The molecule has 0 N–H and O–H groups in total. The van der Waals surface area contributed by atoms with Crippen molar-refractivity contribution in [2.75, 3.05) is 6.61 Å². The van der Waals surface area contributed by atoms with Crippen molar-refractivity contribution in [1.82, 2.24) is 0 Å². The molecule has 1 heterocycles. The predicted octanol–water partition coefficient (Wildman–Crippen LogP) is 0.754. The van der Waals surface area contributed by atoms with Gasteiger partial charge in [-0.25, -0.2) is 0 Å². The first-order valence-corrected chi connectivity index (χ1v) is 3.50. The van der Waals surface area contributed by atoms with Crippen LogP contribution in [0, 0.1) is 5.92 Å². The molecular formula is C7H10O2. The Morgan fingerprint density at radius 1 is 1.56 bits per heavy atom. The van der Waals surface area contributed by atoms with Crippen LogP contribution in [0.3, 0.4) is 0 Å². The van der Waals surface area contributed by atoms with Gasteiger partial charge in [0.25, 0.3) is 0 Å². The van der Waals surface area contributed by atoms with Gasteiger partial charge in [-0.1, -0.05) is 0 Å². The number of carbonyl (C=O) groups is 1. The van der Waals surface area contributed by atoms with Gasteiger partial charge in [0, 0.05) is 6.42 Å². The van der Waals surface area contributed by atoms with E-state index in [1.54, 1.807) is 0 Å². The highest BCUT2D eigenvalue weighted by atomic mass is 16.5. The van der Waals surface area contributed by atoms with E-state index >= 15 is 0 Å². The summed E-state index contributed by atoms with van der Waals surface area (Å²) in [6.07, 6.45) is 2.81. The van der Waals surface area contributed by atoms with Gasteiger partial charge in [0.05, 0.1) is 6.61 Å². The molecule has 0 aromatic heterocycles. The molecule has 2 rings (SSSR count). The summed E-state index contributed by atoms with van der Waals surface area (Å²) in [7, 11) is 0. The quantitative estimate of drug-likeness (QED) is 0.479. The second-order valence-corrected chi connectivity index (χ2v) is 2.93. The average Bonchev–Trinajstić information content (AvgIpc) is 2.25. The second-order valence-electron chi connectivity index (χ2n) is 2.93. The van der Waals surface area contributed by atoms with E-state index in [0.29, 0.717) is 11.7 Å². The van der Waals surface area contributed by atoms with E-state index in [1.807, 2.05) is 0 Å². The van der Waals surface area contributed by atoms with E-state index in [2.05, 4.69) is 0 Å². The fourth-order valence-electron chi connectivity index (χ4n) is 1.62. The van der Waals surface area contributed by atoms with Gasteiger partial charge >= 0.3 is 0 Å². The summed E-state index contributed by atoms with van der Waals surface area (Å²) in [6, 6.07) is 0. The van der Waals surface area contributed by atoms with Crippen molar-refractivity contribution in [3.8, 4) is 0 Å². The van der Waals surface area contributed by atoms with Crippen LogP contribution in [-0.4, -0.2) is 18.5 Å². The zero-order valence-electron chi connectivity index (χ0n) is 5.30. The Kier molecular flexibility index (Phi) is 1.09. The monoisotopic (exact) mass is 126 g/mol. The molecule has 0 spiro atoms. The summed E-state index contributed by atoms with van der Waals surface area (Å²) in [6.45, 7) is 0.830. The van der Waals surface area contributed by atoms with Gasteiger partial charge in [0.2, 0.25) is 0 Å². The Hall–Kier alpha value is -0.370. The number of rotatable bonds is 0. The Morgan fingerprint density at radius 3 is 3.22 bits per heavy atom. The van der Waals surface area contributed by atoms with Crippen molar-refractivity contribution >= 4 is 5.78 Å². The molecule has 2 aliphatic rings. The first-order chi connectivity index (χ1) is 4.36. The van der Waals surface area contributed by atoms with Crippen LogP contribution in [-0.2, 0) is 9.53 Å². The molecule has 2 nitrogen and oxygen atoms in total. The number of hydrogen-bond donors (Lipinski definition) is 0. The van der Waals surface area contributed by atoms with Crippen LogP contribution in [0.15, 0.2) is 0 Å². The average molecular weight is 126 g/mol. The van der Waals surface area contributed by atoms with Crippen molar-refractivity contribution < 1.29 is 9.53 Å². The molecule has 50 valence electrons. The lowest BCUT2D eigenvalue weighted by molar-refractivity contribution is -0.128. The topological polar surface area (TPSA) is 26.3 Å². The molecule has 2 fully saturated rings. The molecule has 1 aliphatic heterocycles. The smallest absolute Gasteiger partial charge is 0.161 e. The number of ketones is 1. The van der Waals surface area contributed by atoms with Gasteiger partial charge in [-0.2, -0.15) is 0 Å². The van der Waals surface area contributed by atoms with E-state index in [9.17, 15) is 4.79 Å². The molecule has 0 aromatic carbocycles. The third kappa shape index (κ3) is 0.778. The van der Waals surface area contributed by atoms with Crippen molar-refractivity contribution in [1.29, 1.82) is 0 Å².